The van der Waals surface area contributed by atoms with Crippen LogP contribution in [0, 0.1) is 0 Å². The lowest BCUT2D eigenvalue weighted by Crippen LogP contribution is -2.10. The Balaban J connectivity index is 2.21. The summed E-state index contributed by atoms with van der Waals surface area (Å²) in [5.41, 5.74) is 2.80. The summed E-state index contributed by atoms with van der Waals surface area (Å²) in [6.07, 6.45) is 3.81. The fourth-order valence-electron chi connectivity index (χ4n) is 2.92. The third-order valence-electron chi connectivity index (χ3n) is 4.14. The van der Waals surface area contributed by atoms with Crippen molar-refractivity contribution < 1.29 is 28.5 Å². The van der Waals surface area contributed by atoms with Crippen LogP contribution in [0.2, 0.25) is 0 Å². The lowest BCUT2D eigenvalue weighted by Gasteiger charge is -2.18. The van der Waals surface area contributed by atoms with E-state index in [0.29, 0.717) is 35.2 Å². The normalized spacial score (nSPS) is 12.0. The maximum atomic E-state index is 12.2. The molecule has 0 bridgehead atoms. The lowest BCUT2D eigenvalue weighted by atomic mass is 9.97. The van der Waals surface area contributed by atoms with Gasteiger partial charge in [-0.05, 0) is 41.5 Å². The third-order valence-corrected chi connectivity index (χ3v) is 4.14. The highest BCUT2D eigenvalue weighted by Crippen LogP contribution is 2.42. The predicted octanol–water partition coefficient (Wildman–Crippen LogP) is 3.57. The maximum Gasteiger partial charge on any atom is 0.341 e. The van der Waals surface area contributed by atoms with Crippen molar-refractivity contribution in [2.24, 2.45) is 0 Å². The van der Waals surface area contributed by atoms with Gasteiger partial charge in [-0.1, -0.05) is 6.08 Å². The standard InChI is InChI=1S/C20H20O6/c1-22-16-10-14(11-17(23-2)19(16)24-3)13-8-12-6-5-7-26-18(12)15(9-13)20(21)25-4/h5-6,8-11H,7H2,1-4H3. The predicted molar refractivity (Wildman–Crippen MR) is 97.4 cm³/mol. The topological polar surface area (TPSA) is 63.2 Å². The molecule has 0 fully saturated rings. The van der Waals surface area contributed by atoms with Crippen LogP contribution in [0.5, 0.6) is 23.0 Å². The first-order valence-electron chi connectivity index (χ1n) is 7.99. The van der Waals surface area contributed by atoms with E-state index in [4.69, 9.17) is 23.7 Å². The number of ether oxygens (including phenoxy) is 5. The second-order valence-electron chi connectivity index (χ2n) is 5.56. The van der Waals surface area contributed by atoms with E-state index >= 15 is 0 Å². The number of fused-ring (bicyclic) bond motifs is 1. The highest BCUT2D eigenvalue weighted by molar-refractivity contribution is 5.96. The maximum absolute atomic E-state index is 12.2. The Morgan fingerprint density at radius 3 is 2.15 bits per heavy atom. The summed E-state index contributed by atoms with van der Waals surface area (Å²) < 4.78 is 26.7. The monoisotopic (exact) mass is 356 g/mol. The van der Waals surface area contributed by atoms with Crippen molar-refractivity contribution in [1.29, 1.82) is 0 Å². The molecule has 6 heteroatoms. The van der Waals surface area contributed by atoms with Gasteiger partial charge in [0, 0.05) is 5.56 Å². The Bertz CT molecular complexity index is 844. The molecule has 3 rings (SSSR count). The quantitative estimate of drug-likeness (QED) is 0.763. The number of carbonyl (C=O) groups excluding carboxylic acids is 1. The fourth-order valence-corrected chi connectivity index (χ4v) is 2.92. The van der Waals surface area contributed by atoms with Crippen molar-refractivity contribution in [3.8, 4) is 34.1 Å². The molecule has 0 unspecified atom stereocenters. The summed E-state index contributed by atoms with van der Waals surface area (Å²) in [4.78, 5) is 12.2. The minimum Gasteiger partial charge on any atom is -0.493 e. The molecule has 0 atom stereocenters. The molecule has 1 aliphatic heterocycles. The van der Waals surface area contributed by atoms with Crippen LogP contribution in [0.1, 0.15) is 15.9 Å². The van der Waals surface area contributed by atoms with E-state index < -0.39 is 5.97 Å². The highest BCUT2D eigenvalue weighted by atomic mass is 16.5. The molecule has 0 aliphatic carbocycles. The van der Waals surface area contributed by atoms with Crippen LogP contribution in [-0.4, -0.2) is 41.0 Å². The molecule has 0 saturated heterocycles. The van der Waals surface area contributed by atoms with Gasteiger partial charge in [-0.2, -0.15) is 0 Å². The molecule has 0 aromatic heterocycles. The average Bonchev–Trinajstić information content (AvgIpc) is 2.70. The van der Waals surface area contributed by atoms with Gasteiger partial charge in [0.25, 0.3) is 0 Å². The average molecular weight is 356 g/mol. The van der Waals surface area contributed by atoms with Gasteiger partial charge in [-0.15, -0.1) is 0 Å². The smallest absolute Gasteiger partial charge is 0.341 e. The van der Waals surface area contributed by atoms with E-state index in [0.717, 1.165) is 16.7 Å². The first-order chi connectivity index (χ1) is 12.6. The van der Waals surface area contributed by atoms with Gasteiger partial charge in [0.15, 0.2) is 11.5 Å². The van der Waals surface area contributed by atoms with E-state index in [1.807, 2.05) is 30.4 Å². The van der Waals surface area contributed by atoms with E-state index in [-0.39, 0.29) is 0 Å². The largest absolute Gasteiger partial charge is 0.493 e. The van der Waals surface area contributed by atoms with E-state index in [2.05, 4.69) is 0 Å². The number of carbonyl (C=O) groups is 1. The number of benzene rings is 2. The summed E-state index contributed by atoms with van der Waals surface area (Å²) >= 11 is 0. The molecule has 0 spiro atoms. The van der Waals surface area contributed by atoms with Crippen molar-refractivity contribution in [1.82, 2.24) is 0 Å². The van der Waals surface area contributed by atoms with Gasteiger partial charge < -0.3 is 23.7 Å². The Morgan fingerprint density at radius 1 is 0.923 bits per heavy atom. The second-order valence-corrected chi connectivity index (χ2v) is 5.56. The second kappa shape index (κ2) is 7.39. The van der Waals surface area contributed by atoms with Crippen LogP contribution in [0.25, 0.3) is 17.2 Å². The zero-order valence-electron chi connectivity index (χ0n) is 15.1. The Hall–Kier alpha value is -3.15. The molecule has 1 heterocycles. The zero-order valence-corrected chi connectivity index (χ0v) is 15.1. The minimum atomic E-state index is -0.453. The van der Waals surface area contributed by atoms with Crippen LogP contribution in [-0.2, 0) is 4.74 Å². The van der Waals surface area contributed by atoms with Crippen molar-refractivity contribution in [2.45, 2.75) is 0 Å². The van der Waals surface area contributed by atoms with Gasteiger partial charge in [-0.3, -0.25) is 0 Å². The number of rotatable bonds is 5. The molecule has 6 nitrogen and oxygen atoms in total. The Kier molecular flexibility index (Phi) is 5.02. The molecule has 26 heavy (non-hydrogen) atoms. The molecular formula is C20H20O6. The van der Waals surface area contributed by atoms with Crippen molar-refractivity contribution in [3.05, 3.63) is 41.5 Å². The molecule has 0 saturated carbocycles. The number of hydrogen-bond acceptors (Lipinski definition) is 6. The summed E-state index contributed by atoms with van der Waals surface area (Å²) in [7, 11) is 6.02. The van der Waals surface area contributed by atoms with Gasteiger partial charge in [0.2, 0.25) is 5.75 Å². The molecule has 0 amide bonds. The van der Waals surface area contributed by atoms with Gasteiger partial charge >= 0.3 is 5.97 Å². The first-order valence-corrected chi connectivity index (χ1v) is 7.99. The minimum absolute atomic E-state index is 0.373. The van der Waals surface area contributed by atoms with Crippen molar-refractivity contribution >= 4 is 12.0 Å². The molecule has 0 N–H and O–H groups in total. The van der Waals surface area contributed by atoms with Crippen molar-refractivity contribution in [2.75, 3.05) is 35.0 Å². The highest BCUT2D eigenvalue weighted by Gasteiger charge is 2.21. The fraction of sp³-hybridized carbons (Fsp3) is 0.250. The Labute approximate surface area is 151 Å². The number of methoxy groups -OCH3 is 4. The number of hydrogen-bond donors (Lipinski definition) is 0. The van der Waals surface area contributed by atoms with Gasteiger partial charge in [0.05, 0.1) is 28.4 Å². The molecule has 0 radical (unpaired) electrons. The lowest BCUT2D eigenvalue weighted by molar-refractivity contribution is 0.0596. The van der Waals surface area contributed by atoms with Gasteiger partial charge in [0.1, 0.15) is 17.9 Å². The Morgan fingerprint density at radius 2 is 1.58 bits per heavy atom. The zero-order chi connectivity index (χ0) is 18.7. The molecule has 136 valence electrons. The molecule has 2 aromatic rings. The summed E-state index contributed by atoms with van der Waals surface area (Å²) in [6, 6.07) is 7.34. The molecule has 2 aromatic carbocycles. The summed E-state index contributed by atoms with van der Waals surface area (Å²) in [5.74, 6) is 1.64. The first kappa shape index (κ1) is 17.7. The van der Waals surface area contributed by atoms with E-state index in [1.165, 1.54) is 7.11 Å². The molecule has 1 aliphatic rings. The van der Waals surface area contributed by atoms with Gasteiger partial charge in [-0.25, -0.2) is 4.79 Å². The summed E-state index contributed by atoms with van der Waals surface area (Å²) in [6.45, 7) is 0.417. The van der Waals surface area contributed by atoms with Crippen molar-refractivity contribution in [3.63, 3.8) is 0 Å². The van der Waals surface area contributed by atoms with E-state index in [9.17, 15) is 4.79 Å². The van der Waals surface area contributed by atoms with Crippen LogP contribution in [0.3, 0.4) is 0 Å². The summed E-state index contributed by atoms with van der Waals surface area (Å²) in [5, 5.41) is 0. The van der Waals surface area contributed by atoms with Crippen LogP contribution in [0.4, 0.5) is 0 Å². The van der Waals surface area contributed by atoms with Crippen LogP contribution < -0.4 is 18.9 Å². The third kappa shape index (κ3) is 3.06. The SMILES string of the molecule is COC(=O)c1cc(-c2cc(OC)c(OC)c(OC)c2)cc2c1OCC=C2. The van der Waals surface area contributed by atoms with Crippen LogP contribution >= 0.6 is 0 Å². The molecular weight excluding hydrogens is 336 g/mol. The van der Waals surface area contributed by atoms with E-state index in [1.54, 1.807) is 27.4 Å². The van der Waals surface area contributed by atoms with Crippen LogP contribution in [0.15, 0.2) is 30.3 Å². The number of esters is 1.